The van der Waals surface area contributed by atoms with Crippen LogP contribution in [0, 0.1) is 0 Å². The maximum atomic E-state index is 12.3. The molecule has 0 spiro atoms. The van der Waals surface area contributed by atoms with Crippen LogP contribution in [0.2, 0.25) is 0 Å². The summed E-state index contributed by atoms with van der Waals surface area (Å²) in [5.74, 6) is -1.49. The summed E-state index contributed by atoms with van der Waals surface area (Å²) in [6.07, 6.45) is 2.96. The molecule has 29 heavy (non-hydrogen) atoms. The predicted octanol–water partition coefficient (Wildman–Crippen LogP) is 2.56. The monoisotopic (exact) mass is 420 g/mol. The van der Waals surface area contributed by atoms with Gasteiger partial charge in [0.15, 0.2) is 0 Å². The number of benzene rings is 1. The van der Waals surface area contributed by atoms with Gasteiger partial charge in [-0.05, 0) is 37.6 Å². The van der Waals surface area contributed by atoms with Crippen LogP contribution in [0.25, 0.3) is 0 Å². The van der Waals surface area contributed by atoms with E-state index in [4.69, 9.17) is 9.47 Å². The Kier molecular flexibility index (Phi) is 8.72. The third-order valence-corrected chi connectivity index (χ3v) is 4.90. The van der Waals surface area contributed by atoms with Gasteiger partial charge in [0.25, 0.3) is 0 Å². The first-order valence-corrected chi connectivity index (χ1v) is 10.3. The fourth-order valence-corrected chi connectivity index (χ4v) is 3.34. The van der Waals surface area contributed by atoms with E-state index in [9.17, 15) is 19.2 Å². The molecule has 0 saturated carbocycles. The second kappa shape index (κ2) is 11.3. The van der Waals surface area contributed by atoms with E-state index in [0.29, 0.717) is 22.9 Å². The van der Waals surface area contributed by atoms with Gasteiger partial charge < -0.3 is 14.8 Å². The first kappa shape index (κ1) is 22.5. The molecule has 1 aliphatic rings. The lowest BCUT2D eigenvalue weighted by molar-refractivity contribution is -0.137. The predicted molar refractivity (Wildman–Crippen MR) is 109 cm³/mol. The number of carbonyl (C=O) groups excluding carboxylic acids is 4. The van der Waals surface area contributed by atoms with Crippen molar-refractivity contribution >= 4 is 41.2 Å². The van der Waals surface area contributed by atoms with Crippen molar-refractivity contribution in [2.45, 2.75) is 26.7 Å². The summed E-state index contributed by atoms with van der Waals surface area (Å²) in [4.78, 5) is 49.1. The van der Waals surface area contributed by atoms with Crippen molar-refractivity contribution in [2.24, 2.45) is 0 Å². The van der Waals surface area contributed by atoms with Crippen molar-refractivity contribution in [3.05, 3.63) is 40.9 Å². The quantitative estimate of drug-likeness (QED) is 0.372. The summed E-state index contributed by atoms with van der Waals surface area (Å²) in [7, 11) is 0. The molecule has 1 heterocycles. The fraction of sp³-hybridized carbons (Fsp3) is 0.400. The zero-order valence-corrected chi connectivity index (χ0v) is 17.3. The normalized spacial score (nSPS) is 14.8. The third-order valence-electron chi connectivity index (χ3n) is 3.88. The van der Waals surface area contributed by atoms with Crippen molar-refractivity contribution < 1.29 is 28.7 Å². The average Bonchev–Trinajstić information content (AvgIpc) is 3.02. The Labute approximate surface area is 173 Å². The Bertz CT molecular complexity index is 791. The molecule has 1 N–H and O–H groups in total. The molecular weight excluding hydrogens is 396 g/mol. The minimum absolute atomic E-state index is 0.160. The number of esters is 2. The van der Waals surface area contributed by atoms with Crippen LogP contribution < -0.4 is 5.32 Å². The minimum atomic E-state index is -0.559. The van der Waals surface area contributed by atoms with Gasteiger partial charge in [-0.25, -0.2) is 9.59 Å². The third kappa shape index (κ3) is 6.94. The number of ether oxygens (including phenoxy) is 2. The zero-order valence-electron chi connectivity index (χ0n) is 16.4. The van der Waals surface area contributed by atoms with Crippen LogP contribution in [-0.4, -0.2) is 54.2 Å². The van der Waals surface area contributed by atoms with Crippen molar-refractivity contribution in [1.29, 1.82) is 0 Å². The van der Waals surface area contributed by atoms with Crippen LogP contribution in [0.3, 0.4) is 0 Å². The molecule has 1 aliphatic heterocycles. The van der Waals surface area contributed by atoms with Gasteiger partial charge in [-0.2, -0.15) is 0 Å². The van der Waals surface area contributed by atoms with E-state index in [-0.39, 0.29) is 24.8 Å². The van der Waals surface area contributed by atoms with E-state index in [1.165, 1.54) is 22.7 Å². The van der Waals surface area contributed by atoms with Gasteiger partial charge in [0.05, 0.1) is 35.6 Å². The highest BCUT2D eigenvalue weighted by atomic mass is 32.2. The van der Waals surface area contributed by atoms with Crippen molar-refractivity contribution in [2.75, 3.05) is 30.8 Å². The van der Waals surface area contributed by atoms with Crippen molar-refractivity contribution in [3.63, 3.8) is 0 Å². The molecule has 2 rings (SSSR count). The Morgan fingerprint density at radius 3 is 2.55 bits per heavy atom. The van der Waals surface area contributed by atoms with Gasteiger partial charge in [-0.1, -0.05) is 25.1 Å². The van der Waals surface area contributed by atoms with Crippen molar-refractivity contribution in [3.8, 4) is 0 Å². The molecule has 0 bridgehead atoms. The molecule has 8 nitrogen and oxygen atoms in total. The van der Waals surface area contributed by atoms with Gasteiger partial charge in [-0.15, -0.1) is 0 Å². The number of thioether (sulfide) groups is 1. The number of unbranched alkanes of at least 4 members (excludes halogenated alkanes) is 1. The smallest absolute Gasteiger partial charge is 0.338 e. The molecule has 0 atom stereocenters. The van der Waals surface area contributed by atoms with Crippen LogP contribution in [0.1, 0.15) is 37.0 Å². The highest BCUT2D eigenvalue weighted by Crippen LogP contribution is 2.28. The summed E-state index contributed by atoms with van der Waals surface area (Å²) < 4.78 is 9.98. The first-order chi connectivity index (χ1) is 13.9. The molecule has 0 unspecified atom stereocenters. The number of rotatable bonds is 9. The minimum Gasteiger partial charge on any atom is -0.463 e. The summed E-state index contributed by atoms with van der Waals surface area (Å²) >= 11 is 1.18. The molecule has 1 aromatic rings. The molecule has 2 amide bonds. The second-order valence-electron chi connectivity index (χ2n) is 6.12. The molecular formula is C20H24N2O6S. The van der Waals surface area contributed by atoms with Gasteiger partial charge >= 0.3 is 11.9 Å². The molecule has 0 radical (unpaired) electrons. The molecule has 9 heteroatoms. The summed E-state index contributed by atoms with van der Waals surface area (Å²) in [5.41, 5.74) is 0.875. The Balaban J connectivity index is 1.93. The van der Waals surface area contributed by atoms with Crippen LogP contribution in [0.4, 0.5) is 5.69 Å². The number of amides is 2. The lowest BCUT2D eigenvalue weighted by atomic mass is 10.2. The highest BCUT2D eigenvalue weighted by molar-refractivity contribution is 8.04. The van der Waals surface area contributed by atoms with Crippen LogP contribution in [0.5, 0.6) is 0 Å². The van der Waals surface area contributed by atoms with E-state index in [0.717, 1.165) is 12.8 Å². The number of carbonyl (C=O) groups is 4. The highest BCUT2D eigenvalue weighted by Gasteiger charge is 2.29. The second-order valence-corrected chi connectivity index (χ2v) is 7.11. The number of nitrogens with one attached hydrogen (secondary N) is 1. The van der Waals surface area contributed by atoms with Crippen LogP contribution in [-0.2, 0) is 23.9 Å². The van der Waals surface area contributed by atoms with Gasteiger partial charge in [0.2, 0.25) is 11.8 Å². The molecule has 1 fully saturated rings. The number of anilines is 1. The zero-order chi connectivity index (χ0) is 21.2. The SMILES string of the molecule is CCCCOC(=O)c1ccc(NC(=O)CN2C(=O)CSC2=CC(=O)OCC)cc1. The van der Waals surface area contributed by atoms with Gasteiger partial charge in [0, 0.05) is 5.69 Å². The van der Waals surface area contributed by atoms with E-state index < -0.39 is 17.8 Å². The maximum absolute atomic E-state index is 12.3. The van der Waals surface area contributed by atoms with Crippen LogP contribution >= 0.6 is 11.8 Å². The maximum Gasteiger partial charge on any atom is 0.338 e. The molecule has 0 aliphatic carbocycles. The molecule has 156 valence electrons. The topological polar surface area (TPSA) is 102 Å². The first-order valence-electron chi connectivity index (χ1n) is 9.33. The largest absolute Gasteiger partial charge is 0.463 e. The molecule has 0 aromatic heterocycles. The number of hydrogen-bond acceptors (Lipinski definition) is 7. The van der Waals surface area contributed by atoms with Crippen LogP contribution in [0.15, 0.2) is 35.4 Å². The lowest BCUT2D eigenvalue weighted by Crippen LogP contribution is -2.34. The Morgan fingerprint density at radius 1 is 1.17 bits per heavy atom. The van der Waals surface area contributed by atoms with E-state index >= 15 is 0 Å². The standard InChI is InChI=1S/C20H24N2O6S/c1-3-5-10-28-20(26)14-6-8-15(9-7-14)21-16(23)12-22-17(24)13-29-18(22)11-19(25)27-4-2/h6-9,11H,3-5,10,12-13H2,1-2H3,(H,21,23). The van der Waals surface area contributed by atoms with Gasteiger partial charge in [0.1, 0.15) is 6.54 Å². The Hall–Kier alpha value is -2.81. The Morgan fingerprint density at radius 2 is 1.90 bits per heavy atom. The lowest BCUT2D eigenvalue weighted by Gasteiger charge is -2.16. The van der Waals surface area contributed by atoms with E-state index in [1.807, 2.05) is 6.92 Å². The van der Waals surface area contributed by atoms with E-state index in [1.54, 1.807) is 31.2 Å². The number of nitrogens with zero attached hydrogens (tertiary/aromatic N) is 1. The fourth-order valence-electron chi connectivity index (χ4n) is 2.41. The molecule has 1 saturated heterocycles. The summed E-state index contributed by atoms with van der Waals surface area (Å²) in [6, 6.07) is 6.30. The average molecular weight is 420 g/mol. The summed E-state index contributed by atoms with van der Waals surface area (Å²) in [5, 5.41) is 3.05. The molecule has 1 aromatic carbocycles. The number of hydrogen-bond donors (Lipinski definition) is 1. The van der Waals surface area contributed by atoms with Crippen molar-refractivity contribution in [1.82, 2.24) is 4.90 Å². The summed E-state index contributed by atoms with van der Waals surface area (Å²) in [6.45, 7) is 4.07. The van der Waals surface area contributed by atoms with E-state index in [2.05, 4.69) is 5.32 Å². The van der Waals surface area contributed by atoms with Gasteiger partial charge in [-0.3, -0.25) is 14.5 Å².